The highest BCUT2D eigenvalue weighted by Gasteiger charge is 2.51. The zero-order chi connectivity index (χ0) is 25.0. The summed E-state index contributed by atoms with van der Waals surface area (Å²) in [7, 11) is -0.615. The molecule has 9 heteroatoms. The number of amides is 1. The summed E-state index contributed by atoms with van der Waals surface area (Å²) in [5, 5.41) is 2.78. The van der Waals surface area contributed by atoms with E-state index >= 15 is 0 Å². The monoisotopic (exact) mass is 496 g/mol. The number of nitrogens with zero attached hydrogens (tertiary/aromatic N) is 1. The quantitative estimate of drug-likeness (QED) is 0.545. The Kier molecular flexibility index (Phi) is 5.56. The van der Waals surface area contributed by atoms with Crippen molar-refractivity contribution in [3.8, 4) is 22.6 Å². The third-order valence-corrected chi connectivity index (χ3v) is 8.45. The number of anilines is 1. The average Bonchev–Trinajstić information content (AvgIpc) is 3.51. The number of nitrogens with one attached hydrogen (secondary N) is 1. The van der Waals surface area contributed by atoms with E-state index in [9.17, 15) is 17.6 Å². The Bertz CT molecular complexity index is 1430. The van der Waals surface area contributed by atoms with Crippen molar-refractivity contribution in [2.24, 2.45) is 0 Å². The summed E-state index contributed by atoms with van der Waals surface area (Å²) in [4.78, 5) is 13.4. The minimum Gasteiger partial charge on any atom is -0.454 e. The molecule has 1 saturated carbocycles. The van der Waals surface area contributed by atoms with E-state index in [2.05, 4.69) is 5.32 Å². The molecule has 0 aromatic heterocycles. The number of carbonyl (C=O) groups excluding carboxylic acids is 1. The van der Waals surface area contributed by atoms with Crippen molar-refractivity contribution >= 4 is 21.6 Å². The molecule has 3 aromatic carbocycles. The van der Waals surface area contributed by atoms with Crippen LogP contribution in [0.4, 0.5) is 10.1 Å². The fourth-order valence-electron chi connectivity index (χ4n) is 4.30. The van der Waals surface area contributed by atoms with Crippen LogP contribution in [-0.4, -0.2) is 39.5 Å². The topological polar surface area (TPSA) is 84.9 Å². The van der Waals surface area contributed by atoms with E-state index in [0.717, 1.165) is 9.87 Å². The number of ether oxygens (including phenoxy) is 2. The lowest BCUT2D eigenvalue weighted by molar-refractivity contribution is -0.118. The molecule has 7 nitrogen and oxygen atoms in total. The van der Waals surface area contributed by atoms with E-state index in [4.69, 9.17) is 9.47 Å². The molecule has 1 N–H and O–H groups in total. The molecule has 35 heavy (non-hydrogen) atoms. The number of carbonyl (C=O) groups is 1. The molecule has 1 fully saturated rings. The van der Waals surface area contributed by atoms with Crippen molar-refractivity contribution in [1.29, 1.82) is 0 Å². The minimum atomic E-state index is -3.56. The fourth-order valence-corrected chi connectivity index (χ4v) is 5.21. The first-order chi connectivity index (χ1) is 16.6. The van der Waals surface area contributed by atoms with E-state index in [1.807, 2.05) is 12.1 Å². The SMILES string of the molecule is Cc1cc(F)c(NC(=O)C2(c3ccc4c(c3)OCO4)CC2)cc1-c1ccc(S(=O)(=O)N(C)C)cc1. The fraction of sp³-hybridized carbons (Fsp3) is 0.269. The van der Waals surface area contributed by atoms with Crippen LogP contribution in [0.5, 0.6) is 11.5 Å². The Morgan fingerprint density at radius 3 is 2.34 bits per heavy atom. The Balaban J connectivity index is 1.42. The number of halogens is 1. The Hall–Kier alpha value is -3.43. The molecule has 0 bridgehead atoms. The van der Waals surface area contributed by atoms with Gasteiger partial charge in [-0.1, -0.05) is 18.2 Å². The molecule has 5 rings (SSSR count). The molecule has 0 radical (unpaired) electrons. The lowest BCUT2D eigenvalue weighted by Crippen LogP contribution is -2.28. The van der Waals surface area contributed by atoms with Crippen molar-refractivity contribution in [3.63, 3.8) is 0 Å². The summed E-state index contributed by atoms with van der Waals surface area (Å²) in [6.45, 7) is 1.92. The maximum atomic E-state index is 14.9. The van der Waals surface area contributed by atoms with E-state index < -0.39 is 21.3 Å². The molecule has 0 spiro atoms. The van der Waals surface area contributed by atoms with Crippen LogP contribution < -0.4 is 14.8 Å². The third-order valence-electron chi connectivity index (χ3n) is 6.62. The molecular weight excluding hydrogens is 471 g/mol. The predicted octanol–water partition coefficient (Wildman–Crippen LogP) is 4.45. The predicted molar refractivity (Wildman–Crippen MR) is 130 cm³/mol. The number of fused-ring (bicyclic) bond motifs is 1. The highest BCUT2D eigenvalue weighted by atomic mass is 32.2. The van der Waals surface area contributed by atoms with Crippen molar-refractivity contribution in [1.82, 2.24) is 4.31 Å². The lowest BCUT2D eigenvalue weighted by atomic mass is 9.94. The van der Waals surface area contributed by atoms with E-state index in [-0.39, 0.29) is 23.3 Å². The van der Waals surface area contributed by atoms with Crippen molar-refractivity contribution in [2.45, 2.75) is 30.1 Å². The van der Waals surface area contributed by atoms with Crippen LogP contribution in [0, 0.1) is 12.7 Å². The summed E-state index contributed by atoms with van der Waals surface area (Å²) in [5.74, 6) is 0.430. The molecular formula is C26H25FN2O5S. The maximum absolute atomic E-state index is 14.9. The zero-order valence-electron chi connectivity index (χ0n) is 19.6. The molecule has 0 saturated heterocycles. The first-order valence-electron chi connectivity index (χ1n) is 11.2. The van der Waals surface area contributed by atoms with Crippen LogP contribution in [-0.2, 0) is 20.2 Å². The zero-order valence-corrected chi connectivity index (χ0v) is 20.4. The normalized spacial score (nSPS) is 15.8. The van der Waals surface area contributed by atoms with Crippen molar-refractivity contribution < 1.29 is 27.1 Å². The molecule has 1 heterocycles. The molecule has 1 aliphatic carbocycles. The second-order valence-electron chi connectivity index (χ2n) is 9.06. The Labute approximate surface area is 203 Å². The largest absolute Gasteiger partial charge is 0.454 e. The lowest BCUT2D eigenvalue weighted by Gasteiger charge is -2.18. The van der Waals surface area contributed by atoms with Crippen LogP contribution in [0.3, 0.4) is 0 Å². The smallest absolute Gasteiger partial charge is 0.242 e. The number of rotatable bonds is 6. The van der Waals surface area contributed by atoms with Gasteiger partial charge in [-0.15, -0.1) is 0 Å². The van der Waals surface area contributed by atoms with Gasteiger partial charge in [0, 0.05) is 14.1 Å². The highest BCUT2D eigenvalue weighted by molar-refractivity contribution is 7.89. The highest BCUT2D eigenvalue weighted by Crippen LogP contribution is 2.51. The standard InChI is InChI=1S/C26H25FN2O5S/c1-16-12-21(27)22(14-20(16)17-4-7-19(8-5-17)35(31,32)29(2)3)28-25(30)26(10-11-26)18-6-9-23-24(13-18)34-15-33-23/h4-9,12-14H,10-11,15H2,1-3H3,(H,28,30). The van der Waals surface area contributed by atoms with Gasteiger partial charge in [-0.3, -0.25) is 4.79 Å². The molecule has 182 valence electrons. The molecule has 0 unspecified atom stereocenters. The van der Waals surface area contributed by atoms with Gasteiger partial charge in [0.1, 0.15) is 5.82 Å². The molecule has 3 aromatic rings. The Morgan fingerprint density at radius 1 is 1.00 bits per heavy atom. The first kappa shape index (κ1) is 23.3. The second kappa shape index (κ2) is 8.35. The number of benzene rings is 3. The third kappa shape index (κ3) is 4.04. The summed E-state index contributed by atoms with van der Waals surface area (Å²) < 4.78 is 51.5. The van der Waals surface area contributed by atoms with Gasteiger partial charge in [0.05, 0.1) is 16.0 Å². The van der Waals surface area contributed by atoms with Crippen LogP contribution in [0.2, 0.25) is 0 Å². The Morgan fingerprint density at radius 2 is 1.69 bits per heavy atom. The number of hydrogen-bond donors (Lipinski definition) is 1. The van der Waals surface area contributed by atoms with Gasteiger partial charge >= 0.3 is 0 Å². The van der Waals surface area contributed by atoms with Crippen molar-refractivity contribution in [3.05, 3.63) is 71.5 Å². The second-order valence-corrected chi connectivity index (χ2v) is 11.2. The average molecular weight is 497 g/mol. The number of sulfonamides is 1. The molecule has 1 amide bonds. The van der Waals surface area contributed by atoms with Gasteiger partial charge in [-0.05, 0) is 78.4 Å². The van der Waals surface area contributed by atoms with Crippen LogP contribution in [0.25, 0.3) is 11.1 Å². The maximum Gasteiger partial charge on any atom is 0.242 e. The van der Waals surface area contributed by atoms with Gasteiger partial charge < -0.3 is 14.8 Å². The van der Waals surface area contributed by atoms with Gasteiger partial charge in [-0.2, -0.15) is 0 Å². The minimum absolute atomic E-state index is 0.0765. The van der Waals surface area contributed by atoms with Crippen LogP contribution in [0.15, 0.2) is 59.5 Å². The molecule has 2 aliphatic rings. The first-order valence-corrected chi connectivity index (χ1v) is 12.6. The number of aryl methyl sites for hydroxylation is 1. The molecule has 0 atom stereocenters. The van der Waals surface area contributed by atoms with Crippen LogP contribution >= 0.6 is 0 Å². The van der Waals surface area contributed by atoms with Crippen molar-refractivity contribution in [2.75, 3.05) is 26.2 Å². The van der Waals surface area contributed by atoms with Gasteiger partial charge in [0.15, 0.2) is 11.5 Å². The summed E-state index contributed by atoms with van der Waals surface area (Å²) in [5.41, 5.74) is 2.23. The summed E-state index contributed by atoms with van der Waals surface area (Å²) in [6, 6.07) is 14.8. The van der Waals surface area contributed by atoms with E-state index in [1.54, 1.807) is 31.2 Å². The van der Waals surface area contributed by atoms with Gasteiger partial charge in [0.2, 0.25) is 22.7 Å². The van der Waals surface area contributed by atoms with E-state index in [1.165, 1.54) is 32.3 Å². The van der Waals surface area contributed by atoms with Gasteiger partial charge in [-0.25, -0.2) is 17.1 Å². The number of hydrogen-bond acceptors (Lipinski definition) is 5. The molecule has 1 aliphatic heterocycles. The van der Waals surface area contributed by atoms with Gasteiger partial charge in [0.25, 0.3) is 0 Å². The van der Waals surface area contributed by atoms with Crippen LogP contribution in [0.1, 0.15) is 24.0 Å². The van der Waals surface area contributed by atoms with E-state index in [0.29, 0.717) is 41.0 Å². The summed E-state index contributed by atoms with van der Waals surface area (Å²) >= 11 is 0. The summed E-state index contributed by atoms with van der Waals surface area (Å²) in [6.07, 6.45) is 1.31.